The summed E-state index contributed by atoms with van der Waals surface area (Å²) in [4.78, 5) is 20.4. The number of rotatable bonds is 5. The van der Waals surface area contributed by atoms with Gasteiger partial charge in [0.2, 0.25) is 0 Å². The molecular weight excluding hydrogens is 246 g/mol. The summed E-state index contributed by atoms with van der Waals surface area (Å²) >= 11 is 0. The molecule has 0 aromatic rings. The Morgan fingerprint density at radius 1 is 1.32 bits per heavy atom. The van der Waals surface area contributed by atoms with Gasteiger partial charge < -0.3 is 15.2 Å². The fourth-order valence-corrected chi connectivity index (χ4v) is 2.02. The molecule has 112 valence electrons. The van der Waals surface area contributed by atoms with E-state index in [1.807, 2.05) is 13.8 Å². The summed E-state index contributed by atoms with van der Waals surface area (Å²) in [5.74, 6) is -0.937. The van der Waals surface area contributed by atoms with Crippen LogP contribution in [0.5, 0.6) is 0 Å². The Balaban J connectivity index is 0.000000711. The van der Waals surface area contributed by atoms with Crippen molar-refractivity contribution in [2.75, 3.05) is 13.2 Å². The highest BCUT2D eigenvalue weighted by molar-refractivity contribution is 5.72. The maximum Gasteiger partial charge on any atom is 0.309 e. The van der Waals surface area contributed by atoms with Crippen LogP contribution in [0.15, 0.2) is 0 Å². The average molecular weight is 273 g/mol. The van der Waals surface area contributed by atoms with Gasteiger partial charge >= 0.3 is 5.97 Å². The third-order valence-corrected chi connectivity index (χ3v) is 3.01. The number of hydrogen-bond acceptors (Lipinski definition) is 4. The van der Waals surface area contributed by atoms with Crippen molar-refractivity contribution in [3.63, 3.8) is 0 Å². The van der Waals surface area contributed by atoms with Gasteiger partial charge in [-0.1, -0.05) is 26.2 Å². The van der Waals surface area contributed by atoms with Gasteiger partial charge in [0.15, 0.2) is 0 Å². The number of hydrogen-bond donors (Lipinski definition) is 2. The van der Waals surface area contributed by atoms with Gasteiger partial charge in [-0.3, -0.25) is 9.59 Å². The van der Waals surface area contributed by atoms with Crippen molar-refractivity contribution in [3.05, 3.63) is 0 Å². The van der Waals surface area contributed by atoms with Gasteiger partial charge in [-0.05, 0) is 19.8 Å². The molecule has 1 aliphatic rings. The van der Waals surface area contributed by atoms with E-state index in [1.54, 1.807) is 0 Å². The molecule has 0 radical (unpaired) electrons. The van der Waals surface area contributed by atoms with E-state index in [0.29, 0.717) is 12.6 Å². The number of carboxylic acid groups (broad SMARTS) is 1. The molecule has 0 aromatic carbocycles. The van der Waals surface area contributed by atoms with Crippen molar-refractivity contribution in [2.45, 2.75) is 58.9 Å². The zero-order chi connectivity index (χ0) is 14.7. The number of ether oxygens (including phenoxy) is 1. The average Bonchev–Trinajstić information content (AvgIpc) is 2.37. The summed E-state index contributed by atoms with van der Waals surface area (Å²) in [6.45, 7) is 6.09. The second-order valence-electron chi connectivity index (χ2n) is 4.92. The van der Waals surface area contributed by atoms with Gasteiger partial charge in [-0.15, -0.1) is 0 Å². The van der Waals surface area contributed by atoms with E-state index in [2.05, 4.69) is 5.32 Å². The first-order chi connectivity index (χ1) is 8.97. The molecule has 5 nitrogen and oxygen atoms in total. The minimum Gasteiger partial charge on any atom is -0.481 e. The van der Waals surface area contributed by atoms with Crippen molar-refractivity contribution >= 4 is 11.9 Å². The maximum atomic E-state index is 11.4. The van der Waals surface area contributed by atoms with Gasteiger partial charge in [0.1, 0.15) is 0 Å². The lowest BCUT2D eigenvalue weighted by molar-refractivity contribution is -0.147. The molecule has 0 bridgehead atoms. The van der Waals surface area contributed by atoms with E-state index in [9.17, 15) is 4.79 Å². The lowest BCUT2D eigenvalue weighted by Crippen LogP contribution is -2.36. The van der Waals surface area contributed by atoms with E-state index in [4.69, 9.17) is 14.6 Å². The number of esters is 1. The highest BCUT2D eigenvalue weighted by atomic mass is 16.5. The summed E-state index contributed by atoms with van der Waals surface area (Å²) in [5, 5.41) is 10.9. The minimum absolute atomic E-state index is 0.0214. The molecule has 0 saturated heterocycles. The van der Waals surface area contributed by atoms with Crippen LogP contribution in [0.25, 0.3) is 0 Å². The van der Waals surface area contributed by atoms with Crippen LogP contribution in [0.3, 0.4) is 0 Å². The smallest absolute Gasteiger partial charge is 0.309 e. The number of nitrogens with one attached hydrogen (secondary N) is 1. The number of carbonyl (C=O) groups is 2. The first-order valence-electron chi connectivity index (χ1n) is 7.06. The topological polar surface area (TPSA) is 75.6 Å². The van der Waals surface area contributed by atoms with E-state index >= 15 is 0 Å². The second-order valence-corrected chi connectivity index (χ2v) is 4.92. The molecule has 1 fully saturated rings. The van der Waals surface area contributed by atoms with Gasteiger partial charge in [-0.25, -0.2) is 0 Å². The van der Waals surface area contributed by atoms with Crippen LogP contribution >= 0.6 is 0 Å². The molecular formula is C14H27NO4. The van der Waals surface area contributed by atoms with E-state index in [1.165, 1.54) is 32.1 Å². The highest BCUT2D eigenvalue weighted by Crippen LogP contribution is 2.17. The number of aliphatic carboxylic acids is 1. The Morgan fingerprint density at radius 3 is 2.32 bits per heavy atom. The van der Waals surface area contributed by atoms with Crippen LogP contribution in [0.1, 0.15) is 52.9 Å². The summed E-state index contributed by atoms with van der Waals surface area (Å²) < 4.78 is 4.96. The van der Waals surface area contributed by atoms with E-state index < -0.39 is 5.97 Å². The largest absolute Gasteiger partial charge is 0.481 e. The number of carboxylic acids is 1. The molecule has 0 aliphatic heterocycles. The van der Waals surface area contributed by atoms with Crippen LogP contribution in [-0.4, -0.2) is 36.2 Å². The molecule has 0 heterocycles. The van der Waals surface area contributed by atoms with Crippen molar-refractivity contribution < 1.29 is 19.4 Å². The third kappa shape index (κ3) is 10.5. The lowest BCUT2D eigenvalue weighted by Gasteiger charge is -2.24. The normalized spacial score (nSPS) is 17.0. The molecule has 0 spiro atoms. The molecule has 1 atom stereocenters. The molecule has 5 heteroatoms. The maximum absolute atomic E-state index is 11.4. The quantitative estimate of drug-likeness (QED) is 0.751. The van der Waals surface area contributed by atoms with Gasteiger partial charge in [0.05, 0.1) is 12.5 Å². The lowest BCUT2D eigenvalue weighted by atomic mass is 9.95. The van der Waals surface area contributed by atoms with Crippen molar-refractivity contribution in [1.82, 2.24) is 5.32 Å². The van der Waals surface area contributed by atoms with E-state index in [0.717, 1.165) is 13.5 Å². The zero-order valence-electron chi connectivity index (χ0n) is 12.3. The van der Waals surface area contributed by atoms with Crippen LogP contribution in [0, 0.1) is 5.92 Å². The molecule has 1 aliphatic carbocycles. The standard InChI is InChI=1S/C12H23NO2.C2H4O2/c1-3-15-12(14)10(2)9-13-11-7-5-4-6-8-11;1-2(3)4/h10-11,13H,3-9H2,1-2H3;1H3,(H,3,4). The van der Waals surface area contributed by atoms with Gasteiger partial charge in [-0.2, -0.15) is 0 Å². The molecule has 19 heavy (non-hydrogen) atoms. The Labute approximate surface area is 115 Å². The molecule has 2 N–H and O–H groups in total. The van der Waals surface area contributed by atoms with Crippen LogP contribution in [0.2, 0.25) is 0 Å². The number of carbonyl (C=O) groups excluding carboxylic acids is 1. The van der Waals surface area contributed by atoms with Crippen molar-refractivity contribution in [2.24, 2.45) is 5.92 Å². The van der Waals surface area contributed by atoms with Crippen LogP contribution in [0.4, 0.5) is 0 Å². The Hall–Kier alpha value is -1.10. The van der Waals surface area contributed by atoms with Gasteiger partial charge in [0, 0.05) is 19.5 Å². The summed E-state index contributed by atoms with van der Waals surface area (Å²) in [6, 6.07) is 0.621. The first-order valence-corrected chi connectivity index (χ1v) is 7.06. The second kappa shape index (κ2) is 10.8. The molecule has 1 rings (SSSR count). The molecule has 1 unspecified atom stereocenters. The molecule has 0 aromatic heterocycles. The minimum atomic E-state index is -0.833. The Morgan fingerprint density at radius 2 is 1.84 bits per heavy atom. The summed E-state index contributed by atoms with van der Waals surface area (Å²) in [6.07, 6.45) is 6.54. The van der Waals surface area contributed by atoms with Gasteiger partial charge in [0.25, 0.3) is 5.97 Å². The predicted molar refractivity (Wildman–Crippen MR) is 74.0 cm³/mol. The highest BCUT2D eigenvalue weighted by Gasteiger charge is 2.17. The monoisotopic (exact) mass is 273 g/mol. The van der Waals surface area contributed by atoms with Crippen molar-refractivity contribution in [1.29, 1.82) is 0 Å². The van der Waals surface area contributed by atoms with E-state index in [-0.39, 0.29) is 11.9 Å². The first kappa shape index (κ1) is 17.9. The SMILES string of the molecule is CC(=O)O.CCOC(=O)C(C)CNC1CCCCC1. The molecule has 0 amide bonds. The third-order valence-electron chi connectivity index (χ3n) is 3.01. The van der Waals surface area contributed by atoms with Crippen LogP contribution in [-0.2, 0) is 14.3 Å². The summed E-state index contributed by atoms with van der Waals surface area (Å²) in [5.41, 5.74) is 0. The Kier molecular flexibility index (Phi) is 10.2. The fraction of sp³-hybridized carbons (Fsp3) is 0.857. The summed E-state index contributed by atoms with van der Waals surface area (Å²) in [7, 11) is 0. The molecule has 1 saturated carbocycles. The Bertz CT molecular complexity index is 258. The van der Waals surface area contributed by atoms with Crippen LogP contribution < -0.4 is 5.32 Å². The fourth-order valence-electron chi connectivity index (χ4n) is 2.02. The zero-order valence-corrected chi connectivity index (χ0v) is 12.3. The van der Waals surface area contributed by atoms with Crippen molar-refractivity contribution in [3.8, 4) is 0 Å². The predicted octanol–water partition coefficient (Wildman–Crippen LogP) is 2.20.